The molecule has 3 radical (unpaired) electrons. The van der Waals surface area contributed by atoms with Crippen LogP contribution in [0.2, 0.25) is 0 Å². The van der Waals surface area contributed by atoms with Crippen molar-refractivity contribution in [1.29, 1.82) is 0 Å². The maximum absolute atomic E-state index is 9.32. The van der Waals surface area contributed by atoms with E-state index in [1.807, 2.05) is 43.5 Å². The number of aromatic nitrogens is 1. The third-order valence-corrected chi connectivity index (χ3v) is 3.35. The Balaban J connectivity index is 0.000000232. The molecule has 0 fully saturated rings. The van der Waals surface area contributed by atoms with Crippen LogP contribution < -0.4 is 0 Å². The molecule has 0 spiro atoms. The van der Waals surface area contributed by atoms with Crippen LogP contribution in [0.3, 0.4) is 0 Å². The van der Waals surface area contributed by atoms with Gasteiger partial charge in [-0.3, -0.25) is 0 Å². The van der Waals surface area contributed by atoms with Crippen LogP contribution in [0.4, 0.5) is 0 Å². The minimum atomic E-state index is 0. The number of benzene rings is 2. The van der Waals surface area contributed by atoms with Crippen LogP contribution >= 0.6 is 0 Å². The first-order chi connectivity index (χ1) is 11.0. The van der Waals surface area contributed by atoms with Crippen LogP contribution in [-0.4, -0.2) is 36.6 Å². The summed E-state index contributed by atoms with van der Waals surface area (Å²) in [5.74, 6) is 0. The number of hydrogen-bond donors (Lipinski definition) is 1. The van der Waals surface area contributed by atoms with Gasteiger partial charge >= 0.3 is 139 Å². The first kappa shape index (κ1) is 20.7. The van der Waals surface area contributed by atoms with Gasteiger partial charge in [0.15, 0.2) is 0 Å². The number of hydrogen-bond acceptors (Lipinski definition) is 0. The Labute approximate surface area is 170 Å². The summed E-state index contributed by atoms with van der Waals surface area (Å²) in [4.78, 5) is 3.17. The zero-order valence-corrected chi connectivity index (χ0v) is 16.7. The summed E-state index contributed by atoms with van der Waals surface area (Å²) in [6.45, 7) is 3.56. The third kappa shape index (κ3) is 5.32. The molecule has 113 valence electrons. The molecule has 0 bridgehead atoms. The van der Waals surface area contributed by atoms with Crippen LogP contribution in [0.1, 0.15) is 25.0 Å². The quantitative estimate of drug-likeness (QED) is 0.411. The van der Waals surface area contributed by atoms with Crippen molar-refractivity contribution in [3.8, 4) is 0 Å². The molecule has 2 aromatic carbocycles. The van der Waals surface area contributed by atoms with E-state index < -0.39 is 0 Å². The average Bonchev–Trinajstić information content (AvgIpc) is 3.00. The van der Waals surface area contributed by atoms with Crippen LogP contribution in [0.5, 0.6) is 0 Å². The summed E-state index contributed by atoms with van der Waals surface area (Å²) in [7, 11) is 11.1. The van der Waals surface area contributed by atoms with E-state index in [0.29, 0.717) is 11.0 Å². The molecule has 5 heteroatoms. The second-order valence-corrected chi connectivity index (χ2v) is 5.24. The second-order valence-electron chi connectivity index (χ2n) is 5.24. The van der Waals surface area contributed by atoms with E-state index in [0.717, 1.165) is 16.5 Å². The van der Waals surface area contributed by atoms with Crippen molar-refractivity contribution in [2.24, 2.45) is 0 Å². The topological polar surface area (TPSA) is 38.1 Å². The fraction of sp³-hybridized carbons (Fsp3) is 0.105. The van der Waals surface area contributed by atoms with Crippen molar-refractivity contribution in [1.82, 2.24) is 4.98 Å². The molecule has 24 heavy (non-hydrogen) atoms. The number of aromatic amines is 1. The number of H-pyrrole nitrogens is 1. The Bertz CT molecular complexity index is 854. The summed E-state index contributed by atoms with van der Waals surface area (Å²) < 4.78 is 0. The zero-order chi connectivity index (χ0) is 16.8. The van der Waals surface area contributed by atoms with E-state index in [4.69, 9.17) is 15.0 Å². The van der Waals surface area contributed by atoms with Crippen LogP contribution in [0.15, 0.2) is 54.7 Å². The summed E-state index contributed by atoms with van der Waals surface area (Å²) in [5.41, 5.74) is 4.24. The van der Waals surface area contributed by atoms with Gasteiger partial charge in [0.25, 0.3) is 0 Å². The molecule has 0 saturated heterocycles. The maximum Gasteiger partial charge on any atom is 0 e. The van der Waals surface area contributed by atoms with E-state index in [9.17, 15) is 5.41 Å². The second kappa shape index (κ2) is 9.81. The summed E-state index contributed by atoms with van der Waals surface area (Å²) in [6.07, 6.45) is 1.94. The third-order valence-electron chi connectivity index (χ3n) is 3.35. The first-order valence-electron chi connectivity index (χ1n) is 7.28. The molecular formula is C19H16B2N2Y-2. The molecule has 1 aromatic heterocycles. The van der Waals surface area contributed by atoms with Crippen molar-refractivity contribution in [3.05, 3.63) is 77.3 Å². The smallest absolute Gasteiger partial charge is 0 e. The van der Waals surface area contributed by atoms with Gasteiger partial charge in [-0.25, -0.2) is 0 Å². The summed E-state index contributed by atoms with van der Waals surface area (Å²) >= 11 is 0. The standard InChI is InChI=1S/C10H9BN.C9H7BN.Y/c1-7(11)9-6-12-10-5-3-2-4-8(9)10;1-7(10)9(11)8-5-3-2-4-6-8;/h2-6,12H,1H3;2-5H,1H3;/q;-2;. The molecule has 1 N–H and O–H groups in total. The predicted molar refractivity (Wildman–Crippen MR) is 103 cm³/mol. The number of fused-ring (bicyclic) bond motifs is 1. The van der Waals surface area contributed by atoms with Crippen molar-refractivity contribution in [2.45, 2.75) is 13.8 Å². The molecule has 0 amide bonds. The normalized spacial score (nSPS) is 9.33. The molecule has 0 saturated carbocycles. The summed E-state index contributed by atoms with van der Waals surface area (Å²) in [5, 5.41) is 10.5. The Hall–Kier alpha value is -1.38. The number of para-hydroxylation sites is 1. The first-order valence-corrected chi connectivity index (χ1v) is 7.28. The van der Waals surface area contributed by atoms with Crippen molar-refractivity contribution < 1.29 is 32.7 Å². The molecule has 3 rings (SSSR count). The SMILES string of the molecule is [B]=C(C)C(=[N-])c1[c-]cccc1.[B]=C(C)c1c[nH]c2ccccc12.[Y]. The van der Waals surface area contributed by atoms with E-state index >= 15 is 0 Å². The van der Waals surface area contributed by atoms with Gasteiger partial charge in [0.05, 0.1) is 0 Å². The monoisotopic (exact) mass is 383 g/mol. The van der Waals surface area contributed by atoms with Crippen LogP contribution in [-0.2, 0) is 32.7 Å². The fourth-order valence-corrected chi connectivity index (χ4v) is 2.15. The van der Waals surface area contributed by atoms with Crippen LogP contribution in [0.25, 0.3) is 16.3 Å². The van der Waals surface area contributed by atoms with Gasteiger partial charge in [0.2, 0.25) is 0 Å². The fourth-order valence-electron chi connectivity index (χ4n) is 2.15. The Kier molecular flexibility index (Phi) is 8.45. The van der Waals surface area contributed by atoms with Gasteiger partial charge < -0.3 is 0 Å². The molecule has 0 aliphatic carbocycles. The molecule has 0 atom stereocenters. The van der Waals surface area contributed by atoms with Crippen molar-refractivity contribution >= 4 is 42.5 Å². The van der Waals surface area contributed by atoms with Gasteiger partial charge in [-0.2, -0.15) is 0 Å². The van der Waals surface area contributed by atoms with Gasteiger partial charge in [-0.15, -0.1) is 0 Å². The van der Waals surface area contributed by atoms with Gasteiger partial charge in [-0.1, -0.05) is 0 Å². The maximum atomic E-state index is 9.32. The molecule has 3 aromatic rings. The van der Waals surface area contributed by atoms with E-state index in [2.05, 4.69) is 17.1 Å². The Morgan fingerprint density at radius 3 is 2.29 bits per heavy atom. The Morgan fingerprint density at radius 2 is 1.71 bits per heavy atom. The predicted octanol–water partition coefficient (Wildman–Crippen LogP) is 3.08. The van der Waals surface area contributed by atoms with E-state index in [1.54, 1.807) is 19.1 Å². The summed E-state index contributed by atoms with van der Waals surface area (Å²) in [6, 6.07) is 18.1. The largest absolute Gasteiger partial charge is 0 e. The van der Waals surface area contributed by atoms with Gasteiger partial charge in [-0.05, 0) is 0 Å². The van der Waals surface area contributed by atoms with Gasteiger partial charge in [0.1, 0.15) is 0 Å². The number of nitrogens with one attached hydrogen (secondary N) is 1. The molecular weight excluding hydrogens is 367 g/mol. The Morgan fingerprint density at radius 1 is 1.04 bits per heavy atom. The molecule has 0 aliphatic rings. The van der Waals surface area contributed by atoms with Crippen molar-refractivity contribution in [3.63, 3.8) is 0 Å². The number of rotatable bonds is 3. The van der Waals surface area contributed by atoms with Crippen molar-refractivity contribution in [2.75, 3.05) is 0 Å². The van der Waals surface area contributed by atoms with Gasteiger partial charge in [0, 0.05) is 32.7 Å². The van der Waals surface area contributed by atoms with Crippen LogP contribution in [0, 0.1) is 6.07 Å². The molecule has 0 aliphatic heterocycles. The van der Waals surface area contributed by atoms with E-state index in [1.165, 1.54) is 5.39 Å². The van der Waals surface area contributed by atoms with E-state index in [-0.39, 0.29) is 38.4 Å². The minimum absolute atomic E-state index is 0. The molecule has 1 heterocycles. The average molecular weight is 383 g/mol. The molecule has 0 unspecified atom stereocenters. The zero-order valence-electron chi connectivity index (χ0n) is 13.9. The molecule has 2 nitrogen and oxygen atoms in total. The minimum Gasteiger partial charge on any atom is 0 e. The number of nitrogens with zero attached hydrogens (tertiary/aromatic N) is 1.